The Balaban J connectivity index is 2.64. The summed E-state index contributed by atoms with van der Waals surface area (Å²) >= 11 is 0. The first-order valence-electron chi connectivity index (χ1n) is 6.87. The Morgan fingerprint density at radius 1 is 1.23 bits per heavy atom. The molecule has 0 saturated heterocycles. The van der Waals surface area contributed by atoms with E-state index in [1.54, 1.807) is 12.1 Å². The van der Waals surface area contributed by atoms with Gasteiger partial charge in [-0.25, -0.2) is 4.39 Å². The maximum atomic E-state index is 13.5. The summed E-state index contributed by atoms with van der Waals surface area (Å²) in [5.41, 5.74) is 2.18. The third-order valence-electron chi connectivity index (χ3n) is 3.46. The Morgan fingerprint density at radius 2 is 1.95 bits per heavy atom. The van der Waals surface area contributed by atoms with Gasteiger partial charge in [0, 0.05) is 6.54 Å². The zero-order chi connectivity index (χ0) is 16.1. The molecule has 0 heterocycles. The number of nitrogens with zero attached hydrogens (tertiary/aromatic N) is 1. The van der Waals surface area contributed by atoms with Crippen LogP contribution in [0, 0.1) is 17.0 Å². The van der Waals surface area contributed by atoms with Gasteiger partial charge >= 0.3 is 0 Å². The van der Waals surface area contributed by atoms with Gasteiger partial charge in [-0.05, 0) is 29.7 Å². The van der Waals surface area contributed by atoms with Crippen LogP contribution in [0.4, 0.5) is 15.8 Å². The van der Waals surface area contributed by atoms with Crippen molar-refractivity contribution in [3.05, 3.63) is 57.6 Å². The van der Waals surface area contributed by atoms with Crippen molar-refractivity contribution < 1.29 is 14.4 Å². The molecule has 116 valence electrons. The summed E-state index contributed by atoms with van der Waals surface area (Å²) in [5, 5.41) is 23.0. The Hall–Kier alpha value is -2.47. The molecule has 0 unspecified atom stereocenters. The van der Waals surface area contributed by atoms with E-state index in [1.807, 2.05) is 31.2 Å². The molecule has 0 fully saturated rings. The van der Waals surface area contributed by atoms with Crippen LogP contribution in [0.3, 0.4) is 0 Å². The van der Waals surface area contributed by atoms with E-state index in [-0.39, 0.29) is 30.1 Å². The second-order valence-corrected chi connectivity index (χ2v) is 4.84. The number of hydrogen-bond acceptors (Lipinski definition) is 4. The molecule has 2 rings (SSSR count). The summed E-state index contributed by atoms with van der Waals surface area (Å²) in [6.07, 6.45) is 0. The van der Waals surface area contributed by atoms with Crippen LogP contribution in [-0.4, -0.2) is 23.2 Å². The number of aliphatic hydroxyl groups excluding tert-OH is 1. The Morgan fingerprint density at radius 3 is 2.55 bits per heavy atom. The van der Waals surface area contributed by atoms with Crippen LogP contribution in [0.5, 0.6) is 0 Å². The second-order valence-electron chi connectivity index (χ2n) is 4.84. The smallest absolute Gasteiger partial charge is 0.298 e. The summed E-state index contributed by atoms with van der Waals surface area (Å²) in [5.74, 6) is 0. The van der Waals surface area contributed by atoms with Gasteiger partial charge in [0.25, 0.3) is 5.69 Å². The monoisotopic (exact) mass is 304 g/mol. The van der Waals surface area contributed by atoms with Crippen LogP contribution < -0.4 is 5.32 Å². The predicted octanol–water partition coefficient (Wildman–Crippen LogP) is 3.44. The van der Waals surface area contributed by atoms with Crippen molar-refractivity contribution in [1.29, 1.82) is 0 Å². The highest BCUT2D eigenvalue weighted by Gasteiger charge is 2.24. The number of benzene rings is 2. The fraction of sp³-hybridized carbons (Fsp3) is 0.250. The van der Waals surface area contributed by atoms with E-state index < -0.39 is 11.6 Å². The SMILES string of the molecule is Cc1ccccc1-c1ccc(NCCO)c([N+](=O)[O-])c1CF. The standard InChI is InChI=1S/C16H17FN2O3/c1-11-4-2-3-5-12(11)13-6-7-15(18-8-9-20)16(19(21)22)14(13)10-17/h2-7,18,20H,8-10H2,1H3. The summed E-state index contributed by atoms with van der Waals surface area (Å²) < 4.78 is 13.5. The van der Waals surface area contributed by atoms with Crippen molar-refractivity contribution in [2.24, 2.45) is 0 Å². The van der Waals surface area contributed by atoms with Gasteiger partial charge in [0.1, 0.15) is 12.4 Å². The Kier molecular flexibility index (Phi) is 5.06. The van der Waals surface area contributed by atoms with Crippen LogP contribution in [0.25, 0.3) is 11.1 Å². The molecule has 0 spiro atoms. The summed E-state index contributed by atoms with van der Waals surface area (Å²) in [6.45, 7) is 0.938. The normalized spacial score (nSPS) is 10.5. The molecular weight excluding hydrogens is 287 g/mol. The van der Waals surface area contributed by atoms with E-state index in [9.17, 15) is 14.5 Å². The molecule has 0 saturated carbocycles. The maximum Gasteiger partial charge on any atom is 0.298 e. The summed E-state index contributed by atoms with van der Waals surface area (Å²) in [7, 11) is 0. The van der Waals surface area contributed by atoms with Crippen LogP contribution >= 0.6 is 0 Å². The van der Waals surface area contributed by atoms with Crippen molar-refractivity contribution in [3.8, 4) is 11.1 Å². The number of anilines is 1. The lowest BCUT2D eigenvalue weighted by molar-refractivity contribution is -0.384. The largest absolute Gasteiger partial charge is 0.395 e. The van der Waals surface area contributed by atoms with Gasteiger partial charge in [-0.1, -0.05) is 30.3 Å². The number of nitro benzene ring substituents is 1. The number of alkyl halides is 1. The minimum Gasteiger partial charge on any atom is -0.395 e. The number of hydrogen-bond donors (Lipinski definition) is 2. The quantitative estimate of drug-likeness (QED) is 0.633. The number of nitro groups is 1. The van der Waals surface area contributed by atoms with E-state index in [2.05, 4.69) is 5.32 Å². The molecule has 0 amide bonds. The van der Waals surface area contributed by atoms with Gasteiger partial charge in [-0.2, -0.15) is 0 Å². The van der Waals surface area contributed by atoms with Crippen LogP contribution in [-0.2, 0) is 6.67 Å². The molecule has 2 aromatic rings. The van der Waals surface area contributed by atoms with Crippen molar-refractivity contribution in [1.82, 2.24) is 0 Å². The lowest BCUT2D eigenvalue weighted by Crippen LogP contribution is -2.09. The number of rotatable bonds is 6. The van der Waals surface area contributed by atoms with Crippen LogP contribution in [0.2, 0.25) is 0 Å². The topological polar surface area (TPSA) is 75.4 Å². The number of nitrogens with one attached hydrogen (secondary N) is 1. The molecule has 0 aliphatic rings. The van der Waals surface area contributed by atoms with Gasteiger partial charge in [0.2, 0.25) is 0 Å². The molecule has 22 heavy (non-hydrogen) atoms. The molecule has 0 aromatic heterocycles. The number of aryl methyl sites for hydroxylation is 1. The van der Waals surface area contributed by atoms with Crippen molar-refractivity contribution in [2.45, 2.75) is 13.6 Å². The average Bonchev–Trinajstić information content (AvgIpc) is 2.52. The zero-order valence-electron chi connectivity index (χ0n) is 12.2. The lowest BCUT2D eigenvalue weighted by atomic mass is 9.94. The number of aliphatic hydroxyl groups is 1. The van der Waals surface area contributed by atoms with Gasteiger partial charge in [-0.3, -0.25) is 10.1 Å². The molecule has 6 heteroatoms. The first-order valence-corrected chi connectivity index (χ1v) is 6.87. The van der Waals surface area contributed by atoms with Crippen molar-refractivity contribution in [2.75, 3.05) is 18.5 Å². The first-order chi connectivity index (χ1) is 10.6. The highest BCUT2D eigenvalue weighted by molar-refractivity contribution is 5.80. The molecule has 5 nitrogen and oxygen atoms in total. The third kappa shape index (κ3) is 3.07. The fourth-order valence-corrected chi connectivity index (χ4v) is 2.44. The van der Waals surface area contributed by atoms with E-state index >= 15 is 0 Å². The minimum absolute atomic E-state index is 0.0437. The van der Waals surface area contributed by atoms with E-state index in [1.165, 1.54) is 0 Å². The summed E-state index contributed by atoms with van der Waals surface area (Å²) in [6, 6.07) is 10.6. The molecule has 0 bridgehead atoms. The van der Waals surface area contributed by atoms with E-state index in [4.69, 9.17) is 5.11 Å². The predicted molar refractivity (Wildman–Crippen MR) is 83.7 cm³/mol. The average molecular weight is 304 g/mol. The van der Waals surface area contributed by atoms with Gasteiger partial charge in [0.15, 0.2) is 0 Å². The zero-order valence-corrected chi connectivity index (χ0v) is 12.2. The fourth-order valence-electron chi connectivity index (χ4n) is 2.44. The van der Waals surface area contributed by atoms with Gasteiger partial charge < -0.3 is 10.4 Å². The Labute approximate surface area is 127 Å². The van der Waals surface area contributed by atoms with Gasteiger partial charge in [-0.15, -0.1) is 0 Å². The lowest BCUT2D eigenvalue weighted by Gasteiger charge is -2.14. The van der Waals surface area contributed by atoms with Gasteiger partial charge in [0.05, 0.1) is 17.1 Å². The molecule has 0 aliphatic heterocycles. The number of halogens is 1. The molecule has 2 N–H and O–H groups in total. The molecular formula is C16H17FN2O3. The highest BCUT2D eigenvalue weighted by Crippen LogP contribution is 2.38. The van der Waals surface area contributed by atoms with Crippen molar-refractivity contribution in [3.63, 3.8) is 0 Å². The van der Waals surface area contributed by atoms with Crippen LogP contribution in [0.15, 0.2) is 36.4 Å². The molecule has 0 radical (unpaired) electrons. The minimum atomic E-state index is -0.936. The Bertz CT molecular complexity index is 689. The highest BCUT2D eigenvalue weighted by atomic mass is 19.1. The first kappa shape index (κ1) is 15.9. The summed E-state index contributed by atoms with van der Waals surface area (Å²) in [4.78, 5) is 10.8. The molecule has 0 atom stereocenters. The van der Waals surface area contributed by atoms with Crippen LogP contribution in [0.1, 0.15) is 11.1 Å². The van der Waals surface area contributed by atoms with E-state index in [0.29, 0.717) is 5.56 Å². The molecule has 0 aliphatic carbocycles. The third-order valence-corrected chi connectivity index (χ3v) is 3.46. The van der Waals surface area contributed by atoms with E-state index in [0.717, 1.165) is 11.1 Å². The maximum absolute atomic E-state index is 13.5. The molecule has 2 aromatic carbocycles. The second kappa shape index (κ2) is 7.00. The van der Waals surface area contributed by atoms with Crippen molar-refractivity contribution >= 4 is 11.4 Å².